The van der Waals surface area contributed by atoms with E-state index in [-0.39, 0.29) is 18.2 Å². The van der Waals surface area contributed by atoms with Crippen LogP contribution in [0.25, 0.3) is 0 Å². The summed E-state index contributed by atoms with van der Waals surface area (Å²) in [5.41, 5.74) is 0.756. The number of benzene rings is 1. The number of carbonyl (C=O) groups excluding carboxylic acids is 1. The van der Waals surface area contributed by atoms with E-state index in [9.17, 15) is 4.79 Å². The number of nitrogens with one attached hydrogen (secondary N) is 1. The molecular weight excluding hydrogens is 276 g/mol. The highest BCUT2D eigenvalue weighted by molar-refractivity contribution is 5.69. The van der Waals surface area contributed by atoms with Crippen molar-refractivity contribution in [3.63, 3.8) is 0 Å². The second-order valence-electron chi connectivity index (χ2n) is 6.91. The number of nitrogens with zero attached hydrogens (tertiary/aromatic N) is 1. The van der Waals surface area contributed by atoms with Crippen molar-refractivity contribution in [2.45, 2.75) is 57.7 Å². The smallest absolute Gasteiger partial charge is 0.410 e. The molecule has 0 bridgehead atoms. The van der Waals surface area contributed by atoms with Crippen molar-refractivity contribution in [3.8, 4) is 0 Å². The summed E-state index contributed by atoms with van der Waals surface area (Å²) < 4.78 is 5.60. The van der Waals surface area contributed by atoms with E-state index in [1.165, 1.54) is 5.56 Å². The number of likely N-dealkylation sites (tertiary alicyclic amines) is 1. The number of rotatable bonds is 3. The van der Waals surface area contributed by atoms with Gasteiger partial charge in [-0.15, -0.1) is 0 Å². The molecule has 1 aliphatic heterocycles. The van der Waals surface area contributed by atoms with Gasteiger partial charge in [0.2, 0.25) is 0 Å². The number of hydrogen-bond donors (Lipinski definition) is 1. The average Bonchev–Trinajstić information content (AvgIpc) is 2.48. The van der Waals surface area contributed by atoms with Crippen LogP contribution < -0.4 is 5.32 Å². The second kappa shape index (κ2) is 7.14. The van der Waals surface area contributed by atoms with E-state index < -0.39 is 5.60 Å². The molecule has 22 heavy (non-hydrogen) atoms. The van der Waals surface area contributed by atoms with Crippen molar-refractivity contribution in [3.05, 3.63) is 35.9 Å². The Bertz CT molecular complexity index is 482. The molecule has 0 aliphatic carbocycles. The Morgan fingerprint density at radius 3 is 2.55 bits per heavy atom. The zero-order valence-electron chi connectivity index (χ0n) is 14.1. The molecule has 1 saturated heterocycles. The molecule has 1 N–H and O–H groups in total. The van der Waals surface area contributed by atoms with Crippen LogP contribution in [0.5, 0.6) is 0 Å². The van der Waals surface area contributed by atoms with E-state index in [2.05, 4.69) is 17.4 Å². The third-order valence-electron chi connectivity index (χ3n) is 4.03. The van der Waals surface area contributed by atoms with Crippen LogP contribution in [0.3, 0.4) is 0 Å². The molecule has 1 heterocycles. The molecule has 0 saturated carbocycles. The highest BCUT2D eigenvalue weighted by Crippen LogP contribution is 2.29. The molecule has 1 aromatic carbocycles. The van der Waals surface area contributed by atoms with Crippen LogP contribution in [0.1, 0.15) is 51.6 Å². The van der Waals surface area contributed by atoms with E-state index in [4.69, 9.17) is 4.74 Å². The Hall–Kier alpha value is -1.55. The zero-order valence-corrected chi connectivity index (χ0v) is 14.1. The molecule has 0 spiro atoms. The third kappa shape index (κ3) is 4.23. The first-order valence-corrected chi connectivity index (χ1v) is 8.14. The van der Waals surface area contributed by atoms with Crippen molar-refractivity contribution in [2.75, 3.05) is 13.6 Å². The van der Waals surface area contributed by atoms with Crippen LogP contribution in [-0.2, 0) is 4.74 Å². The lowest BCUT2D eigenvalue weighted by Gasteiger charge is -2.41. The summed E-state index contributed by atoms with van der Waals surface area (Å²) in [6.07, 6.45) is 2.99. The van der Waals surface area contributed by atoms with Crippen molar-refractivity contribution in [2.24, 2.45) is 0 Å². The molecule has 0 aromatic heterocycles. The summed E-state index contributed by atoms with van der Waals surface area (Å²) in [5, 5.41) is 3.39. The van der Waals surface area contributed by atoms with Gasteiger partial charge in [0, 0.05) is 6.54 Å². The lowest BCUT2D eigenvalue weighted by atomic mass is 9.91. The largest absolute Gasteiger partial charge is 0.444 e. The minimum atomic E-state index is -0.457. The van der Waals surface area contributed by atoms with Crippen molar-refractivity contribution < 1.29 is 9.53 Å². The first kappa shape index (κ1) is 16.8. The van der Waals surface area contributed by atoms with Gasteiger partial charge in [-0.3, -0.25) is 0 Å². The molecule has 1 aliphatic rings. The summed E-state index contributed by atoms with van der Waals surface area (Å²) in [5.74, 6) is 0. The predicted molar refractivity (Wildman–Crippen MR) is 88.8 cm³/mol. The summed E-state index contributed by atoms with van der Waals surface area (Å²) in [6.45, 7) is 6.51. The topological polar surface area (TPSA) is 41.6 Å². The summed E-state index contributed by atoms with van der Waals surface area (Å²) in [7, 11) is 1.96. The number of carbonyl (C=O) groups is 1. The fraction of sp³-hybridized carbons (Fsp3) is 0.611. The Kier molecular flexibility index (Phi) is 5.46. The van der Waals surface area contributed by atoms with Crippen molar-refractivity contribution in [1.29, 1.82) is 0 Å². The number of likely N-dealkylation sites (N-methyl/N-ethyl adjacent to an activating group) is 1. The number of piperidine rings is 1. The van der Waals surface area contributed by atoms with Gasteiger partial charge in [0.1, 0.15) is 5.60 Å². The molecule has 0 unspecified atom stereocenters. The van der Waals surface area contributed by atoms with Crippen LogP contribution >= 0.6 is 0 Å². The standard InChI is InChI=1S/C18H28N2O2/c1-18(2,3)22-17(21)20-13-9-8-12-15(20)16(19-4)14-10-6-5-7-11-14/h5-7,10-11,15-16,19H,8-9,12-13H2,1-4H3/t15-,16+/m1/s1. The quantitative estimate of drug-likeness (QED) is 0.925. The summed E-state index contributed by atoms with van der Waals surface area (Å²) in [6, 6.07) is 10.6. The van der Waals surface area contributed by atoms with Gasteiger partial charge in [-0.1, -0.05) is 30.3 Å². The first-order chi connectivity index (χ1) is 10.4. The van der Waals surface area contributed by atoms with Gasteiger partial charge in [0.25, 0.3) is 0 Å². The minimum absolute atomic E-state index is 0.133. The van der Waals surface area contributed by atoms with Gasteiger partial charge in [-0.25, -0.2) is 4.79 Å². The number of hydrogen-bond acceptors (Lipinski definition) is 3. The van der Waals surface area contributed by atoms with E-state index in [1.54, 1.807) is 0 Å². The molecule has 1 amide bonds. The molecule has 1 fully saturated rings. The molecule has 122 valence electrons. The number of amides is 1. The van der Waals surface area contributed by atoms with E-state index in [0.29, 0.717) is 0 Å². The Morgan fingerprint density at radius 2 is 1.95 bits per heavy atom. The van der Waals surface area contributed by atoms with E-state index in [1.807, 2.05) is 50.9 Å². The lowest BCUT2D eigenvalue weighted by molar-refractivity contribution is 0.00498. The van der Waals surface area contributed by atoms with Crippen molar-refractivity contribution in [1.82, 2.24) is 10.2 Å². The lowest BCUT2D eigenvalue weighted by Crippen LogP contribution is -2.51. The SMILES string of the molecule is CN[C@@H](c1ccccc1)[C@H]1CCCCN1C(=O)OC(C)(C)C. The van der Waals surface area contributed by atoms with Gasteiger partial charge in [-0.2, -0.15) is 0 Å². The molecular formula is C18H28N2O2. The molecule has 0 radical (unpaired) electrons. The fourth-order valence-corrected chi connectivity index (χ4v) is 3.09. The van der Waals surface area contributed by atoms with Crippen molar-refractivity contribution >= 4 is 6.09 Å². The number of ether oxygens (including phenoxy) is 1. The maximum absolute atomic E-state index is 12.6. The third-order valence-corrected chi connectivity index (χ3v) is 4.03. The van der Waals surface area contributed by atoms with E-state index in [0.717, 1.165) is 25.8 Å². The van der Waals surface area contributed by atoms with Crippen LogP contribution in [-0.4, -0.2) is 36.2 Å². The molecule has 4 nitrogen and oxygen atoms in total. The van der Waals surface area contributed by atoms with Gasteiger partial charge in [0.05, 0.1) is 12.1 Å². The van der Waals surface area contributed by atoms with Crippen LogP contribution in [0.4, 0.5) is 4.79 Å². The Morgan fingerprint density at radius 1 is 1.27 bits per heavy atom. The monoisotopic (exact) mass is 304 g/mol. The average molecular weight is 304 g/mol. The molecule has 4 heteroatoms. The minimum Gasteiger partial charge on any atom is -0.444 e. The Balaban J connectivity index is 2.19. The van der Waals surface area contributed by atoms with Crippen LogP contribution in [0.2, 0.25) is 0 Å². The Labute approximate surface area is 133 Å². The highest BCUT2D eigenvalue weighted by Gasteiger charge is 2.35. The maximum atomic E-state index is 12.6. The zero-order chi connectivity index (χ0) is 16.2. The summed E-state index contributed by atoms with van der Waals surface area (Å²) in [4.78, 5) is 14.5. The van der Waals surface area contributed by atoms with Gasteiger partial charge >= 0.3 is 6.09 Å². The summed E-state index contributed by atoms with van der Waals surface area (Å²) >= 11 is 0. The van der Waals surface area contributed by atoms with E-state index >= 15 is 0 Å². The predicted octanol–water partition coefficient (Wildman–Crippen LogP) is 3.74. The van der Waals surface area contributed by atoms with Gasteiger partial charge in [-0.05, 0) is 52.6 Å². The van der Waals surface area contributed by atoms with Crippen LogP contribution in [0, 0.1) is 0 Å². The van der Waals surface area contributed by atoms with Crippen LogP contribution in [0.15, 0.2) is 30.3 Å². The van der Waals surface area contributed by atoms with Gasteiger partial charge in [0.15, 0.2) is 0 Å². The highest BCUT2D eigenvalue weighted by atomic mass is 16.6. The first-order valence-electron chi connectivity index (χ1n) is 8.14. The molecule has 2 atom stereocenters. The fourth-order valence-electron chi connectivity index (χ4n) is 3.09. The normalized spacial score (nSPS) is 20.5. The molecule has 2 rings (SSSR count). The second-order valence-corrected chi connectivity index (χ2v) is 6.91. The van der Waals surface area contributed by atoms with Gasteiger partial charge < -0.3 is 15.0 Å². The maximum Gasteiger partial charge on any atom is 0.410 e. The molecule has 1 aromatic rings.